The van der Waals surface area contributed by atoms with Gasteiger partial charge >= 0.3 is 5.97 Å². The van der Waals surface area contributed by atoms with Crippen molar-refractivity contribution in [2.45, 2.75) is 19.9 Å². The lowest BCUT2D eigenvalue weighted by atomic mass is 9.90. The zero-order chi connectivity index (χ0) is 19.8. The van der Waals surface area contributed by atoms with E-state index in [2.05, 4.69) is 11.1 Å². The second-order valence-corrected chi connectivity index (χ2v) is 7.36. The number of hydrogen-bond acceptors (Lipinski definition) is 7. The number of amidine groups is 1. The predicted molar refractivity (Wildman–Crippen MR) is 110 cm³/mol. The molecule has 2 heterocycles. The lowest BCUT2D eigenvalue weighted by Gasteiger charge is -2.35. The van der Waals surface area contributed by atoms with Crippen LogP contribution in [-0.4, -0.2) is 22.6 Å². The van der Waals surface area contributed by atoms with Gasteiger partial charge in [0, 0.05) is 0 Å². The molecule has 2 aromatic rings. The van der Waals surface area contributed by atoms with Gasteiger partial charge in [-0.1, -0.05) is 42.5 Å². The normalized spacial score (nSPS) is 18.8. The number of rotatable bonds is 3. The first-order valence-electron chi connectivity index (χ1n) is 8.88. The molecule has 0 spiro atoms. The van der Waals surface area contributed by atoms with E-state index in [4.69, 9.17) is 10.5 Å². The molecule has 1 atom stereocenters. The van der Waals surface area contributed by atoms with Crippen molar-refractivity contribution in [3.05, 3.63) is 70.0 Å². The molecule has 0 unspecified atom stereocenters. The molecule has 140 valence electrons. The van der Waals surface area contributed by atoms with Crippen LogP contribution in [0.5, 0.6) is 0 Å². The van der Waals surface area contributed by atoms with Crippen molar-refractivity contribution >= 4 is 33.7 Å². The Morgan fingerprint density at radius 2 is 2.07 bits per heavy atom. The van der Waals surface area contributed by atoms with Crippen molar-refractivity contribution < 1.29 is 9.53 Å². The van der Waals surface area contributed by atoms with Gasteiger partial charge in [-0.15, -0.1) is 0 Å². The van der Waals surface area contributed by atoms with E-state index in [9.17, 15) is 10.1 Å². The molecule has 2 aliphatic rings. The van der Waals surface area contributed by atoms with Gasteiger partial charge in [-0.2, -0.15) is 5.26 Å². The number of carbonyl (C=O) groups is 1. The van der Waals surface area contributed by atoms with Gasteiger partial charge in [-0.3, -0.25) is 4.90 Å². The molecule has 2 aliphatic heterocycles. The smallest absolute Gasteiger partial charge is 0.338 e. The van der Waals surface area contributed by atoms with Crippen LogP contribution in [0, 0.1) is 11.3 Å². The van der Waals surface area contributed by atoms with E-state index >= 15 is 0 Å². The molecule has 2 aromatic carbocycles. The molecular weight excluding hydrogens is 372 g/mol. The second-order valence-electron chi connectivity index (χ2n) is 6.38. The highest BCUT2D eigenvalue weighted by atomic mass is 32.2. The Hall–Kier alpha value is -3.24. The SMILES string of the molecule is CCOC(=O)C1=C(C)N=C2SC(C#N)=C(N)N2[C@@H]1c1cccc2ccccc12. The first-order chi connectivity index (χ1) is 13.6. The Morgan fingerprint density at radius 3 is 2.82 bits per heavy atom. The summed E-state index contributed by atoms with van der Waals surface area (Å²) in [7, 11) is 0. The number of hydrogen-bond donors (Lipinski definition) is 1. The van der Waals surface area contributed by atoms with Crippen molar-refractivity contribution in [2.75, 3.05) is 6.61 Å². The summed E-state index contributed by atoms with van der Waals surface area (Å²) in [6, 6.07) is 15.5. The summed E-state index contributed by atoms with van der Waals surface area (Å²) in [5.74, 6) is -0.123. The minimum Gasteiger partial charge on any atom is -0.463 e. The minimum absolute atomic E-state index is 0.262. The summed E-state index contributed by atoms with van der Waals surface area (Å²) in [4.78, 5) is 19.6. The summed E-state index contributed by atoms with van der Waals surface area (Å²) < 4.78 is 5.33. The highest BCUT2D eigenvalue weighted by Crippen LogP contribution is 2.46. The van der Waals surface area contributed by atoms with Crippen LogP contribution in [0.4, 0.5) is 0 Å². The van der Waals surface area contributed by atoms with E-state index < -0.39 is 12.0 Å². The second kappa shape index (κ2) is 7.06. The number of nitriles is 1. The number of fused-ring (bicyclic) bond motifs is 2. The van der Waals surface area contributed by atoms with E-state index in [-0.39, 0.29) is 6.61 Å². The minimum atomic E-state index is -0.518. The molecule has 0 bridgehead atoms. The van der Waals surface area contributed by atoms with Gasteiger partial charge in [-0.05, 0) is 41.9 Å². The maximum atomic E-state index is 12.9. The molecule has 0 amide bonds. The van der Waals surface area contributed by atoms with Gasteiger partial charge in [0.25, 0.3) is 0 Å². The van der Waals surface area contributed by atoms with E-state index in [0.29, 0.717) is 27.2 Å². The molecule has 6 nitrogen and oxygen atoms in total. The van der Waals surface area contributed by atoms with Gasteiger partial charge in [0.05, 0.1) is 23.9 Å². The maximum absolute atomic E-state index is 12.9. The number of thioether (sulfide) groups is 1. The first-order valence-corrected chi connectivity index (χ1v) is 9.69. The lowest BCUT2D eigenvalue weighted by molar-refractivity contribution is -0.139. The van der Waals surface area contributed by atoms with Gasteiger partial charge in [0.1, 0.15) is 16.8 Å². The zero-order valence-electron chi connectivity index (χ0n) is 15.5. The molecule has 28 heavy (non-hydrogen) atoms. The number of nitrogens with two attached hydrogens (primary N) is 1. The third kappa shape index (κ3) is 2.74. The zero-order valence-corrected chi connectivity index (χ0v) is 16.3. The van der Waals surface area contributed by atoms with Crippen LogP contribution in [-0.2, 0) is 9.53 Å². The van der Waals surface area contributed by atoms with E-state index in [0.717, 1.165) is 16.3 Å². The van der Waals surface area contributed by atoms with Crippen LogP contribution in [0.15, 0.2) is 69.5 Å². The molecule has 4 rings (SSSR count). The Bertz CT molecular complexity index is 1120. The van der Waals surface area contributed by atoms with Crippen LogP contribution in [0.3, 0.4) is 0 Å². The summed E-state index contributed by atoms with van der Waals surface area (Å²) in [5, 5.41) is 12.1. The molecule has 0 saturated heterocycles. The van der Waals surface area contributed by atoms with Crippen molar-refractivity contribution in [3.63, 3.8) is 0 Å². The van der Waals surface area contributed by atoms with Crippen molar-refractivity contribution in [1.29, 1.82) is 5.26 Å². The number of nitrogens with zero attached hydrogens (tertiary/aromatic N) is 3. The van der Waals surface area contributed by atoms with Crippen molar-refractivity contribution in [3.8, 4) is 6.07 Å². The van der Waals surface area contributed by atoms with Crippen molar-refractivity contribution in [1.82, 2.24) is 4.90 Å². The largest absolute Gasteiger partial charge is 0.463 e. The number of benzene rings is 2. The fraction of sp³-hybridized carbons (Fsp3) is 0.190. The average Bonchev–Trinajstić information content (AvgIpc) is 3.02. The van der Waals surface area contributed by atoms with Gasteiger partial charge in [0.15, 0.2) is 5.17 Å². The predicted octanol–water partition coefficient (Wildman–Crippen LogP) is 3.79. The first kappa shape index (κ1) is 18.1. The van der Waals surface area contributed by atoms with Crippen LogP contribution in [0.1, 0.15) is 25.5 Å². The molecule has 0 aromatic heterocycles. The number of allylic oxidation sites excluding steroid dienone is 2. The fourth-order valence-corrected chi connectivity index (χ4v) is 4.51. The third-order valence-corrected chi connectivity index (χ3v) is 5.77. The third-order valence-electron chi connectivity index (χ3n) is 4.79. The molecule has 0 radical (unpaired) electrons. The number of aliphatic imine (C=N–C) groups is 1. The van der Waals surface area contributed by atoms with Crippen LogP contribution >= 0.6 is 11.8 Å². The van der Waals surface area contributed by atoms with Crippen LogP contribution in [0.25, 0.3) is 10.8 Å². The maximum Gasteiger partial charge on any atom is 0.338 e. The van der Waals surface area contributed by atoms with E-state index in [1.165, 1.54) is 11.8 Å². The highest BCUT2D eigenvalue weighted by Gasteiger charge is 2.43. The van der Waals surface area contributed by atoms with Gasteiger partial charge in [0.2, 0.25) is 0 Å². The molecule has 7 heteroatoms. The Morgan fingerprint density at radius 1 is 1.32 bits per heavy atom. The van der Waals surface area contributed by atoms with Gasteiger partial charge < -0.3 is 10.5 Å². The average molecular weight is 390 g/mol. The summed E-state index contributed by atoms with van der Waals surface area (Å²) >= 11 is 1.22. The van der Waals surface area contributed by atoms with Crippen molar-refractivity contribution in [2.24, 2.45) is 10.7 Å². The quantitative estimate of drug-likeness (QED) is 0.802. The topological polar surface area (TPSA) is 91.7 Å². The molecule has 2 N–H and O–H groups in total. The van der Waals surface area contributed by atoms with Crippen LogP contribution < -0.4 is 5.73 Å². The monoisotopic (exact) mass is 390 g/mol. The highest BCUT2D eigenvalue weighted by molar-refractivity contribution is 8.17. The number of esters is 1. The summed E-state index contributed by atoms with van der Waals surface area (Å²) in [5.41, 5.74) is 8.22. The lowest BCUT2D eigenvalue weighted by Crippen LogP contribution is -2.38. The Labute approximate surface area is 167 Å². The van der Waals surface area contributed by atoms with E-state index in [1.54, 1.807) is 18.7 Å². The van der Waals surface area contributed by atoms with Crippen LogP contribution in [0.2, 0.25) is 0 Å². The Balaban J connectivity index is 1.99. The summed E-state index contributed by atoms with van der Waals surface area (Å²) in [6.45, 7) is 3.82. The Kier molecular flexibility index (Phi) is 4.57. The molecule has 0 saturated carbocycles. The molecule has 0 aliphatic carbocycles. The number of carbonyl (C=O) groups excluding carboxylic acids is 1. The summed E-state index contributed by atoms with van der Waals surface area (Å²) in [6.07, 6.45) is 0. The van der Waals surface area contributed by atoms with Gasteiger partial charge in [-0.25, -0.2) is 9.79 Å². The standard InChI is InChI=1S/C21H18N4O2S/c1-3-27-20(26)17-12(2)24-21-25(19(23)16(11-22)28-21)18(17)15-10-6-8-13-7-4-5-9-14(13)15/h4-10,18H,3,23H2,1-2H3/t18-/m1/s1. The molecular formula is C21H18N4O2S. The molecule has 0 fully saturated rings. The van der Waals surface area contributed by atoms with E-state index in [1.807, 2.05) is 42.5 Å². The fourth-order valence-electron chi connectivity index (χ4n) is 3.59. The number of ether oxygens (including phenoxy) is 1.